The summed E-state index contributed by atoms with van der Waals surface area (Å²) in [6.45, 7) is 0. The normalized spacial score (nSPS) is 10.5. The van der Waals surface area contributed by atoms with E-state index >= 15 is 0 Å². The Morgan fingerprint density at radius 3 is 2.00 bits per heavy atom. The van der Waals surface area contributed by atoms with Crippen LogP contribution in [0.2, 0.25) is 0 Å². The summed E-state index contributed by atoms with van der Waals surface area (Å²) in [5.74, 6) is 0. The predicted molar refractivity (Wildman–Crippen MR) is 116 cm³/mol. The number of urea groups is 1. The van der Waals surface area contributed by atoms with E-state index in [0.717, 1.165) is 0 Å². The summed E-state index contributed by atoms with van der Waals surface area (Å²) >= 11 is 0. The van der Waals surface area contributed by atoms with Crippen molar-refractivity contribution in [2.24, 2.45) is 0 Å². The summed E-state index contributed by atoms with van der Waals surface area (Å²) in [6, 6.07) is 20.5. The zero-order valence-electron chi connectivity index (χ0n) is 15.6. The largest absolute Gasteiger partial charge is 0.323 e. The number of hydrogen-bond acceptors (Lipinski definition) is 5. The van der Waals surface area contributed by atoms with Gasteiger partial charge in [0.2, 0.25) is 6.41 Å². The van der Waals surface area contributed by atoms with E-state index in [4.69, 9.17) is 0 Å². The van der Waals surface area contributed by atoms with E-state index in [2.05, 4.69) is 26.2 Å². The van der Waals surface area contributed by atoms with Crippen LogP contribution in [-0.2, 0) is 14.8 Å². The van der Waals surface area contributed by atoms with E-state index < -0.39 is 16.1 Å². The first-order valence-corrected chi connectivity index (χ1v) is 10.3. The third-order valence-corrected chi connectivity index (χ3v) is 5.27. The van der Waals surface area contributed by atoms with Gasteiger partial charge in [0.25, 0.3) is 10.0 Å². The SMILES string of the molecule is O=CNNc1ccc(NC(=O)Nc2ccccc2NS(=O)(=O)c2ccccc2)cc1. The molecule has 3 aromatic carbocycles. The van der Waals surface area contributed by atoms with Crippen molar-refractivity contribution in [3.8, 4) is 0 Å². The lowest BCUT2D eigenvalue weighted by Crippen LogP contribution is -2.21. The lowest BCUT2D eigenvalue weighted by atomic mass is 10.2. The van der Waals surface area contributed by atoms with Crippen LogP contribution in [0, 0.1) is 0 Å². The van der Waals surface area contributed by atoms with Gasteiger partial charge in [0.1, 0.15) is 0 Å². The maximum Gasteiger partial charge on any atom is 0.323 e. The first-order valence-electron chi connectivity index (χ1n) is 8.78. The zero-order valence-corrected chi connectivity index (χ0v) is 16.4. The molecular weight excluding hydrogens is 406 g/mol. The van der Waals surface area contributed by atoms with Crippen molar-refractivity contribution in [2.75, 3.05) is 20.8 Å². The molecule has 0 fully saturated rings. The Balaban J connectivity index is 1.68. The second kappa shape index (κ2) is 9.43. The van der Waals surface area contributed by atoms with Gasteiger partial charge < -0.3 is 10.6 Å². The molecule has 9 nitrogen and oxygen atoms in total. The Kier molecular flexibility index (Phi) is 6.50. The lowest BCUT2D eigenvalue weighted by molar-refractivity contribution is -0.109. The van der Waals surface area contributed by atoms with Crippen LogP contribution < -0.4 is 26.2 Å². The fraction of sp³-hybridized carbons (Fsp3) is 0. The average Bonchev–Trinajstić information content (AvgIpc) is 2.75. The summed E-state index contributed by atoms with van der Waals surface area (Å²) in [5.41, 5.74) is 6.62. The average molecular weight is 425 g/mol. The summed E-state index contributed by atoms with van der Waals surface area (Å²) in [6.07, 6.45) is 0.503. The van der Waals surface area contributed by atoms with E-state index in [-0.39, 0.29) is 10.6 Å². The molecule has 5 N–H and O–H groups in total. The van der Waals surface area contributed by atoms with Crippen molar-refractivity contribution in [1.82, 2.24) is 5.43 Å². The highest BCUT2D eigenvalue weighted by molar-refractivity contribution is 7.92. The fourth-order valence-corrected chi connectivity index (χ4v) is 3.62. The van der Waals surface area contributed by atoms with Gasteiger partial charge in [-0.05, 0) is 48.5 Å². The van der Waals surface area contributed by atoms with Crippen LogP contribution in [-0.4, -0.2) is 20.9 Å². The monoisotopic (exact) mass is 425 g/mol. The van der Waals surface area contributed by atoms with Gasteiger partial charge >= 0.3 is 6.03 Å². The topological polar surface area (TPSA) is 128 Å². The van der Waals surface area contributed by atoms with E-state index in [1.165, 1.54) is 12.1 Å². The number of benzene rings is 3. The molecule has 0 heterocycles. The number of rotatable bonds is 8. The highest BCUT2D eigenvalue weighted by Crippen LogP contribution is 2.24. The number of carbonyl (C=O) groups excluding carboxylic acids is 2. The minimum absolute atomic E-state index is 0.113. The van der Waals surface area contributed by atoms with Crippen molar-refractivity contribution in [2.45, 2.75) is 4.90 Å². The number of para-hydroxylation sites is 2. The lowest BCUT2D eigenvalue weighted by Gasteiger charge is -2.14. The highest BCUT2D eigenvalue weighted by atomic mass is 32.2. The van der Waals surface area contributed by atoms with Gasteiger partial charge in [0.05, 0.1) is 22.0 Å². The molecule has 30 heavy (non-hydrogen) atoms. The molecule has 0 aliphatic carbocycles. The number of hydrazine groups is 1. The van der Waals surface area contributed by atoms with Crippen LogP contribution in [0.15, 0.2) is 83.8 Å². The smallest absolute Gasteiger partial charge is 0.308 e. The van der Waals surface area contributed by atoms with Gasteiger partial charge in [-0.2, -0.15) is 0 Å². The third kappa shape index (κ3) is 5.49. The number of anilines is 4. The molecule has 3 aromatic rings. The second-order valence-electron chi connectivity index (χ2n) is 6.01. The molecule has 154 valence electrons. The number of carbonyl (C=O) groups is 2. The summed E-state index contributed by atoms with van der Waals surface area (Å²) in [7, 11) is -3.80. The van der Waals surface area contributed by atoms with Gasteiger partial charge in [-0.3, -0.25) is 20.4 Å². The highest BCUT2D eigenvalue weighted by Gasteiger charge is 2.16. The van der Waals surface area contributed by atoms with Crippen molar-refractivity contribution in [1.29, 1.82) is 0 Å². The van der Waals surface area contributed by atoms with Crippen LogP contribution in [0.1, 0.15) is 0 Å². The van der Waals surface area contributed by atoms with Gasteiger partial charge in [0, 0.05) is 5.69 Å². The van der Waals surface area contributed by atoms with Crippen molar-refractivity contribution in [3.05, 3.63) is 78.9 Å². The van der Waals surface area contributed by atoms with Crippen LogP contribution >= 0.6 is 0 Å². The van der Waals surface area contributed by atoms with Gasteiger partial charge in [0.15, 0.2) is 0 Å². The van der Waals surface area contributed by atoms with Crippen molar-refractivity contribution < 1.29 is 18.0 Å². The molecule has 0 aliphatic heterocycles. The zero-order chi connectivity index (χ0) is 21.4. The Morgan fingerprint density at radius 2 is 1.33 bits per heavy atom. The molecule has 0 unspecified atom stereocenters. The predicted octanol–water partition coefficient (Wildman–Crippen LogP) is 3.20. The van der Waals surface area contributed by atoms with E-state index in [9.17, 15) is 18.0 Å². The molecule has 10 heteroatoms. The standard InChI is InChI=1S/C20H19N5O4S/c26-14-21-24-16-12-10-15(11-13-16)22-20(27)23-18-8-4-5-9-19(18)25-30(28,29)17-6-2-1-3-7-17/h1-14,24-25H,(H,21,26)(H2,22,23,27). The number of sulfonamides is 1. The fourth-order valence-electron chi connectivity index (χ4n) is 2.52. The minimum atomic E-state index is -3.80. The Labute approximate surface area is 173 Å². The number of hydrogen-bond donors (Lipinski definition) is 5. The third-order valence-electron chi connectivity index (χ3n) is 3.89. The van der Waals surface area contributed by atoms with E-state index in [0.29, 0.717) is 23.5 Å². The van der Waals surface area contributed by atoms with Crippen LogP contribution in [0.25, 0.3) is 0 Å². The second-order valence-corrected chi connectivity index (χ2v) is 7.69. The Bertz CT molecular complexity index is 1120. The first-order chi connectivity index (χ1) is 14.5. The Hall–Kier alpha value is -4.05. The van der Waals surface area contributed by atoms with E-state index in [1.807, 2.05) is 0 Å². The maximum atomic E-state index is 12.6. The summed E-state index contributed by atoms with van der Waals surface area (Å²) in [5, 5.41) is 5.28. The quantitative estimate of drug-likeness (QED) is 0.280. The molecule has 0 saturated carbocycles. The molecule has 3 rings (SSSR count). The van der Waals surface area contributed by atoms with Gasteiger partial charge in [-0.15, -0.1) is 0 Å². The van der Waals surface area contributed by atoms with Crippen molar-refractivity contribution >= 4 is 45.2 Å². The maximum absolute atomic E-state index is 12.6. The van der Waals surface area contributed by atoms with Gasteiger partial charge in [-0.25, -0.2) is 13.2 Å². The van der Waals surface area contributed by atoms with Crippen LogP contribution in [0.4, 0.5) is 27.5 Å². The van der Waals surface area contributed by atoms with Crippen LogP contribution in [0.3, 0.4) is 0 Å². The molecule has 0 bridgehead atoms. The number of amides is 3. The van der Waals surface area contributed by atoms with E-state index in [1.54, 1.807) is 66.7 Å². The summed E-state index contributed by atoms with van der Waals surface area (Å²) in [4.78, 5) is 22.7. The molecule has 0 saturated heterocycles. The van der Waals surface area contributed by atoms with Gasteiger partial charge in [-0.1, -0.05) is 30.3 Å². The molecule has 0 aliphatic rings. The van der Waals surface area contributed by atoms with Crippen molar-refractivity contribution in [3.63, 3.8) is 0 Å². The minimum Gasteiger partial charge on any atom is -0.308 e. The van der Waals surface area contributed by atoms with Crippen LogP contribution in [0.5, 0.6) is 0 Å². The molecular formula is C20H19N5O4S. The first kappa shape index (κ1) is 20.7. The Morgan fingerprint density at radius 1 is 0.733 bits per heavy atom. The summed E-state index contributed by atoms with van der Waals surface area (Å²) < 4.78 is 27.6. The molecule has 0 atom stereocenters. The molecule has 0 radical (unpaired) electrons. The molecule has 0 spiro atoms. The molecule has 0 aromatic heterocycles. The number of nitrogens with one attached hydrogen (secondary N) is 5. The molecule has 3 amide bonds.